The second-order valence-electron chi connectivity index (χ2n) is 6.96. The van der Waals surface area contributed by atoms with Gasteiger partial charge >= 0.3 is 0 Å². The molecule has 146 valence electrons. The largest absolute Gasteiger partial charge is 0.497 e. The highest BCUT2D eigenvalue weighted by Gasteiger charge is 2.14. The van der Waals surface area contributed by atoms with Crippen molar-refractivity contribution in [3.63, 3.8) is 0 Å². The Hall–Kier alpha value is -3.28. The van der Waals surface area contributed by atoms with Crippen molar-refractivity contribution >= 4 is 10.9 Å². The van der Waals surface area contributed by atoms with E-state index < -0.39 is 0 Å². The highest BCUT2D eigenvalue weighted by Crippen LogP contribution is 2.30. The van der Waals surface area contributed by atoms with Crippen LogP contribution in [-0.4, -0.2) is 23.6 Å². The number of methoxy groups -OCH3 is 1. The number of benzene rings is 2. The molecular formula is C24H24N4O. The summed E-state index contributed by atoms with van der Waals surface area (Å²) in [6.07, 6.45) is 2.46. The molecule has 0 aliphatic carbocycles. The fourth-order valence-electron chi connectivity index (χ4n) is 3.48. The van der Waals surface area contributed by atoms with E-state index in [1.54, 1.807) is 13.3 Å². The monoisotopic (exact) mass is 384 g/mol. The van der Waals surface area contributed by atoms with Crippen LogP contribution in [0.1, 0.15) is 18.2 Å². The van der Waals surface area contributed by atoms with Crippen molar-refractivity contribution < 1.29 is 4.74 Å². The van der Waals surface area contributed by atoms with Crippen LogP contribution in [0.3, 0.4) is 0 Å². The lowest BCUT2D eigenvalue weighted by molar-refractivity contribution is 0.415. The first-order chi connectivity index (χ1) is 14.2. The Morgan fingerprint density at radius 2 is 1.72 bits per heavy atom. The second kappa shape index (κ2) is 8.39. The average Bonchev–Trinajstić information content (AvgIpc) is 2.78. The molecule has 2 aromatic carbocycles. The summed E-state index contributed by atoms with van der Waals surface area (Å²) in [6, 6.07) is 22.1. The van der Waals surface area contributed by atoms with E-state index in [9.17, 15) is 0 Å². The SMILES string of the molecule is COc1cccc(-c2ccc(-c3cc4ncccc4c(C(N)CCN)n3)cc2)c1. The molecule has 5 nitrogen and oxygen atoms in total. The topological polar surface area (TPSA) is 87.0 Å². The van der Waals surface area contributed by atoms with E-state index in [1.807, 2.05) is 36.4 Å². The maximum atomic E-state index is 6.36. The molecular weight excluding hydrogens is 360 g/mol. The molecule has 0 saturated carbocycles. The zero-order valence-electron chi connectivity index (χ0n) is 16.4. The molecule has 0 radical (unpaired) electrons. The first kappa shape index (κ1) is 19.1. The molecule has 0 fully saturated rings. The number of rotatable bonds is 6. The molecule has 4 aromatic rings. The minimum absolute atomic E-state index is 0.220. The Kier molecular flexibility index (Phi) is 5.51. The highest BCUT2D eigenvalue weighted by atomic mass is 16.5. The van der Waals surface area contributed by atoms with E-state index in [4.69, 9.17) is 21.2 Å². The van der Waals surface area contributed by atoms with Gasteiger partial charge in [0.15, 0.2) is 0 Å². The Bertz CT molecular complexity index is 1130. The molecule has 0 aliphatic heterocycles. The van der Waals surface area contributed by atoms with Crippen molar-refractivity contribution in [1.29, 1.82) is 0 Å². The molecule has 5 heteroatoms. The summed E-state index contributed by atoms with van der Waals surface area (Å²) in [6.45, 7) is 0.518. The number of hydrogen-bond donors (Lipinski definition) is 2. The van der Waals surface area contributed by atoms with Gasteiger partial charge in [-0.25, -0.2) is 0 Å². The van der Waals surface area contributed by atoms with Crippen LogP contribution in [0.15, 0.2) is 72.9 Å². The van der Waals surface area contributed by atoms with Crippen LogP contribution >= 0.6 is 0 Å². The maximum absolute atomic E-state index is 6.36. The van der Waals surface area contributed by atoms with Crippen LogP contribution in [0.25, 0.3) is 33.3 Å². The third-order valence-corrected chi connectivity index (χ3v) is 5.04. The molecule has 0 saturated heterocycles. The van der Waals surface area contributed by atoms with E-state index >= 15 is 0 Å². The molecule has 4 rings (SSSR count). The molecule has 0 spiro atoms. The van der Waals surface area contributed by atoms with E-state index in [1.165, 1.54) is 0 Å². The summed E-state index contributed by atoms with van der Waals surface area (Å²) in [4.78, 5) is 9.39. The number of nitrogens with zero attached hydrogens (tertiary/aromatic N) is 2. The summed E-state index contributed by atoms with van der Waals surface area (Å²) in [5.41, 5.74) is 17.9. The Morgan fingerprint density at radius 1 is 0.931 bits per heavy atom. The number of fused-ring (bicyclic) bond motifs is 1. The van der Waals surface area contributed by atoms with Gasteiger partial charge in [-0.2, -0.15) is 0 Å². The van der Waals surface area contributed by atoms with Gasteiger partial charge in [-0.15, -0.1) is 0 Å². The third-order valence-electron chi connectivity index (χ3n) is 5.04. The minimum Gasteiger partial charge on any atom is -0.497 e. The summed E-state index contributed by atoms with van der Waals surface area (Å²) >= 11 is 0. The zero-order valence-corrected chi connectivity index (χ0v) is 16.4. The van der Waals surface area contributed by atoms with E-state index in [-0.39, 0.29) is 6.04 Å². The fraction of sp³-hybridized carbons (Fsp3) is 0.167. The van der Waals surface area contributed by atoms with Gasteiger partial charge < -0.3 is 16.2 Å². The molecule has 0 bridgehead atoms. The Morgan fingerprint density at radius 3 is 2.48 bits per heavy atom. The van der Waals surface area contributed by atoms with Crippen LogP contribution in [0.5, 0.6) is 5.75 Å². The normalized spacial score (nSPS) is 12.1. The molecule has 0 aliphatic rings. The van der Waals surface area contributed by atoms with Crippen molar-refractivity contribution in [3.05, 3.63) is 78.6 Å². The predicted octanol–water partition coefficient (Wildman–Crippen LogP) is 4.32. The number of hydrogen-bond acceptors (Lipinski definition) is 5. The van der Waals surface area contributed by atoms with E-state index in [0.717, 1.165) is 44.7 Å². The van der Waals surface area contributed by atoms with E-state index in [0.29, 0.717) is 13.0 Å². The molecule has 0 amide bonds. The predicted molar refractivity (Wildman–Crippen MR) is 118 cm³/mol. The lowest BCUT2D eigenvalue weighted by Gasteiger charge is -2.15. The van der Waals surface area contributed by atoms with Crippen molar-refractivity contribution in [2.24, 2.45) is 11.5 Å². The third kappa shape index (κ3) is 3.97. The van der Waals surface area contributed by atoms with Crippen molar-refractivity contribution in [2.45, 2.75) is 12.5 Å². The first-order valence-electron chi connectivity index (χ1n) is 9.66. The van der Waals surface area contributed by atoms with Gasteiger partial charge in [0.2, 0.25) is 0 Å². The van der Waals surface area contributed by atoms with Gasteiger partial charge in [0.25, 0.3) is 0 Å². The van der Waals surface area contributed by atoms with Gasteiger partial charge in [0.05, 0.1) is 24.0 Å². The first-order valence-corrected chi connectivity index (χ1v) is 9.66. The molecule has 1 unspecified atom stereocenters. The van der Waals surface area contributed by atoms with E-state index in [2.05, 4.69) is 35.3 Å². The maximum Gasteiger partial charge on any atom is 0.119 e. The zero-order chi connectivity index (χ0) is 20.2. The summed E-state index contributed by atoms with van der Waals surface area (Å²) in [5.74, 6) is 0.840. The molecule has 1 atom stereocenters. The number of aromatic nitrogens is 2. The van der Waals surface area contributed by atoms with Gasteiger partial charge in [0, 0.05) is 23.2 Å². The van der Waals surface area contributed by atoms with Crippen molar-refractivity contribution in [3.8, 4) is 28.1 Å². The van der Waals surface area contributed by atoms with Gasteiger partial charge in [-0.05, 0) is 54.4 Å². The highest BCUT2D eigenvalue weighted by molar-refractivity contribution is 5.85. The lowest BCUT2D eigenvalue weighted by Crippen LogP contribution is -2.17. The smallest absolute Gasteiger partial charge is 0.119 e. The van der Waals surface area contributed by atoms with Gasteiger partial charge in [0.1, 0.15) is 5.75 Å². The van der Waals surface area contributed by atoms with Gasteiger partial charge in [-0.1, -0.05) is 36.4 Å². The minimum atomic E-state index is -0.220. The standard InChI is InChI=1S/C24H24N4O/c1-29-19-5-2-4-18(14-19)16-7-9-17(10-8-16)22-15-23-20(6-3-13-27-23)24(28-22)21(26)11-12-25/h2-10,13-15,21H,11-12,25-26H2,1H3. The van der Waals surface area contributed by atoms with Crippen LogP contribution < -0.4 is 16.2 Å². The Labute approximate surface area is 170 Å². The van der Waals surface area contributed by atoms with Crippen LogP contribution in [0.2, 0.25) is 0 Å². The number of ether oxygens (including phenoxy) is 1. The fourth-order valence-corrected chi connectivity index (χ4v) is 3.48. The lowest BCUT2D eigenvalue weighted by atomic mass is 10.0. The van der Waals surface area contributed by atoms with Crippen LogP contribution in [0, 0.1) is 0 Å². The quantitative estimate of drug-likeness (QED) is 0.517. The van der Waals surface area contributed by atoms with Crippen LogP contribution in [-0.2, 0) is 0 Å². The average molecular weight is 384 g/mol. The molecule has 4 N–H and O–H groups in total. The molecule has 29 heavy (non-hydrogen) atoms. The second-order valence-corrected chi connectivity index (χ2v) is 6.96. The summed E-state index contributed by atoms with van der Waals surface area (Å²) < 4.78 is 5.33. The summed E-state index contributed by atoms with van der Waals surface area (Å²) in [5, 5.41) is 0.977. The van der Waals surface area contributed by atoms with Crippen molar-refractivity contribution in [1.82, 2.24) is 9.97 Å². The number of nitrogens with two attached hydrogens (primary N) is 2. The molecule has 2 aromatic heterocycles. The Balaban J connectivity index is 1.74. The van der Waals surface area contributed by atoms with Crippen molar-refractivity contribution in [2.75, 3.05) is 13.7 Å². The number of pyridine rings is 2. The summed E-state index contributed by atoms with van der Waals surface area (Å²) in [7, 11) is 1.68. The van der Waals surface area contributed by atoms with Gasteiger partial charge in [-0.3, -0.25) is 9.97 Å². The van der Waals surface area contributed by atoms with Crippen LogP contribution in [0.4, 0.5) is 0 Å². The molecule has 2 heterocycles.